The van der Waals surface area contributed by atoms with Gasteiger partial charge in [0.25, 0.3) is 0 Å². The topological polar surface area (TPSA) is 272 Å². The molecule has 2 saturated heterocycles. The minimum Gasteiger partial charge on any atom is -0.394 e. The zero-order chi connectivity index (χ0) is 25.2. The Kier molecular flexibility index (Phi) is 9.95. The van der Waals surface area contributed by atoms with Gasteiger partial charge in [0.05, 0.1) is 32.0 Å². The first-order chi connectivity index (χ1) is 16.1. The van der Waals surface area contributed by atoms with E-state index in [4.69, 9.17) is 46.6 Å². The first kappa shape index (κ1) is 28.0. The SMILES string of the molecule is NCCO[C@H]1[C@H](O[C@@H]2[C@@H](O)[C@H](N)C[C@H](N)[C@H]2O[C@H]2O[C@H](CO)[C@@H](O)[C@H](O)[C@H]2N)O[C@H](CO)[C@H]1O. The summed E-state index contributed by atoms with van der Waals surface area (Å²) in [6, 6.07) is -2.77. The summed E-state index contributed by atoms with van der Waals surface area (Å²) < 4.78 is 28.5. The van der Waals surface area contributed by atoms with Crippen LogP contribution in [0.3, 0.4) is 0 Å². The van der Waals surface area contributed by atoms with E-state index in [1.807, 2.05) is 0 Å². The van der Waals surface area contributed by atoms with Crippen molar-refractivity contribution in [2.45, 2.75) is 92.1 Å². The lowest BCUT2D eigenvalue weighted by atomic mass is 9.84. The summed E-state index contributed by atoms with van der Waals surface area (Å²) in [6.07, 6.45) is -13.4. The average Bonchev–Trinajstić information content (AvgIpc) is 3.12. The van der Waals surface area contributed by atoms with Gasteiger partial charge in [-0.05, 0) is 6.42 Å². The number of aliphatic hydroxyl groups excluding tert-OH is 6. The van der Waals surface area contributed by atoms with Crippen molar-refractivity contribution in [2.75, 3.05) is 26.4 Å². The van der Waals surface area contributed by atoms with Gasteiger partial charge in [0.1, 0.15) is 48.8 Å². The zero-order valence-electron chi connectivity index (χ0n) is 18.7. The number of hydrogen-bond donors (Lipinski definition) is 10. The molecule has 200 valence electrons. The molecule has 3 rings (SSSR count). The van der Waals surface area contributed by atoms with E-state index < -0.39 is 98.9 Å². The van der Waals surface area contributed by atoms with Crippen LogP contribution in [-0.4, -0.2) is 143 Å². The molecule has 0 aromatic heterocycles. The summed E-state index contributed by atoms with van der Waals surface area (Å²) in [5.41, 5.74) is 23.7. The molecule has 2 heterocycles. The van der Waals surface area contributed by atoms with Crippen molar-refractivity contribution in [3.05, 3.63) is 0 Å². The van der Waals surface area contributed by atoms with Crippen molar-refractivity contribution in [3.63, 3.8) is 0 Å². The van der Waals surface area contributed by atoms with Gasteiger partial charge in [-0.1, -0.05) is 0 Å². The van der Waals surface area contributed by atoms with Crippen molar-refractivity contribution in [2.24, 2.45) is 22.9 Å². The molecule has 0 aromatic rings. The van der Waals surface area contributed by atoms with Gasteiger partial charge in [-0.2, -0.15) is 0 Å². The van der Waals surface area contributed by atoms with Gasteiger partial charge in [-0.15, -0.1) is 0 Å². The minimum absolute atomic E-state index is 0.0722. The average molecular weight is 499 g/mol. The standard InChI is InChI=1S/C19H38N4O11/c20-1-2-30-17-13(28)9(5-25)32-19(17)34-16-11(26)6(21)3-7(22)15(16)33-18-10(23)14(29)12(27)8(4-24)31-18/h6-19,24-29H,1-5,20-23H2/t6-,7+,8-,9-,10-,11+,12-,13-,14-,15-,16-,17-,18-,19+/m1/s1. The van der Waals surface area contributed by atoms with Crippen molar-refractivity contribution in [1.29, 1.82) is 0 Å². The summed E-state index contributed by atoms with van der Waals surface area (Å²) >= 11 is 0. The van der Waals surface area contributed by atoms with Crippen LogP contribution in [0, 0.1) is 0 Å². The molecule has 14 N–H and O–H groups in total. The number of aliphatic hydroxyl groups is 6. The van der Waals surface area contributed by atoms with Gasteiger partial charge in [0.2, 0.25) is 0 Å². The lowest BCUT2D eigenvalue weighted by Gasteiger charge is -2.47. The highest BCUT2D eigenvalue weighted by Gasteiger charge is 2.52. The van der Waals surface area contributed by atoms with Gasteiger partial charge < -0.3 is 77.3 Å². The fourth-order valence-corrected chi connectivity index (χ4v) is 4.49. The highest BCUT2D eigenvalue weighted by Crippen LogP contribution is 2.32. The molecule has 0 bridgehead atoms. The Morgan fingerprint density at radius 2 is 1.29 bits per heavy atom. The van der Waals surface area contributed by atoms with E-state index in [1.54, 1.807) is 0 Å². The highest BCUT2D eigenvalue weighted by atomic mass is 16.7. The van der Waals surface area contributed by atoms with Gasteiger partial charge >= 0.3 is 0 Å². The third-order valence-corrected chi connectivity index (χ3v) is 6.48. The van der Waals surface area contributed by atoms with E-state index in [2.05, 4.69) is 0 Å². The monoisotopic (exact) mass is 498 g/mol. The summed E-state index contributed by atoms with van der Waals surface area (Å²) in [6.45, 7) is -0.887. The Bertz CT molecular complexity index is 637. The van der Waals surface area contributed by atoms with Crippen LogP contribution in [0.4, 0.5) is 0 Å². The quantitative estimate of drug-likeness (QED) is 0.141. The largest absolute Gasteiger partial charge is 0.394 e. The molecule has 34 heavy (non-hydrogen) atoms. The van der Waals surface area contributed by atoms with Gasteiger partial charge in [-0.25, -0.2) is 0 Å². The molecule has 15 heteroatoms. The van der Waals surface area contributed by atoms with Gasteiger partial charge in [0.15, 0.2) is 12.6 Å². The van der Waals surface area contributed by atoms with Crippen LogP contribution in [0.25, 0.3) is 0 Å². The summed E-state index contributed by atoms with van der Waals surface area (Å²) in [5, 5.41) is 60.4. The predicted molar refractivity (Wildman–Crippen MR) is 113 cm³/mol. The zero-order valence-corrected chi connectivity index (χ0v) is 18.7. The lowest BCUT2D eigenvalue weighted by Crippen LogP contribution is -2.68. The van der Waals surface area contributed by atoms with Crippen molar-refractivity contribution in [1.82, 2.24) is 0 Å². The normalized spacial score (nSPS) is 49.9. The summed E-state index contributed by atoms with van der Waals surface area (Å²) in [7, 11) is 0. The van der Waals surface area contributed by atoms with Crippen molar-refractivity contribution < 1.29 is 54.3 Å². The molecule has 15 nitrogen and oxygen atoms in total. The van der Waals surface area contributed by atoms with Crippen LogP contribution in [0.2, 0.25) is 0 Å². The molecule has 0 radical (unpaired) electrons. The Morgan fingerprint density at radius 3 is 1.91 bits per heavy atom. The van der Waals surface area contributed by atoms with Crippen LogP contribution in [-0.2, 0) is 23.7 Å². The molecular weight excluding hydrogens is 460 g/mol. The van der Waals surface area contributed by atoms with Crippen LogP contribution in [0.5, 0.6) is 0 Å². The van der Waals surface area contributed by atoms with Gasteiger partial charge in [0, 0.05) is 18.6 Å². The first-order valence-corrected chi connectivity index (χ1v) is 11.3. The number of nitrogens with two attached hydrogens (primary N) is 4. The molecule has 3 aliphatic rings. The van der Waals surface area contributed by atoms with E-state index in [-0.39, 0.29) is 19.6 Å². The third kappa shape index (κ3) is 5.69. The maximum absolute atomic E-state index is 10.8. The third-order valence-electron chi connectivity index (χ3n) is 6.48. The van der Waals surface area contributed by atoms with Crippen LogP contribution in [0.1, 0.15) is 6.42 Å². The van der Waals surface area contributed by atoms with Crippen LogP contribution in [0.15, 0.2) is 0 Å². The minimum atomic E-state index is -1.46. The molecule has 3 fully saturated rings. The van der Waals surface area contributed by atoms with Crippen molar-refractivity contribution >= 4 is 0 Å². The Morgan fingerprint density at radius 1 is 0.706 bits per heavy atom. The summed E-state index contributed by atoms with van der Waals surface area (Å²) in [5.74, 6) is 0. The van der Waals surface area contributed by atoms with E-state index in [9.17, 15) is 30.6 Å². The molecule has 2 aliphatic heterocycles. The number of rotatable bonds is 9. The molecule has 1 aliphatic carbocycles. The summed E-state index contributed by atoms with van der Waals surface area (Å²) in [4.78, 5) is 0. The maximum atomic E-state index is 10.8. The Hall–Kier alpha value is -0.600. The molecule has 1 saturated carbocycles. The molecule has 14 atom stereocenters. The number of hydrogen-bond acceptors (Lipinski definition) is 15. The second kappa shape index (κ2) is 12.1. The second-order valence-corrected chi connectivity index (χ2v) is 8.88. The van der Waals surface area contributed by atoms with E-state index >= 15 is 0 Å². The fraction of sp³-hybridized carbons (Fsp3) is 1.00. The van der Waals surface area contributed by atoms with Crippen LogP contribution < -0.4 is 22.9 Å². The molecule has 0 amide bonds. The smallest absolute Gasteiger partial charge is 0.187 e. The highest BCUT2D eigenvalue weighted by molar-refractivity contribution is 5.01. The molecule has 0 aromatic carbocycles. The van der Waals surface area contributed by atoms with E-state index in [1.165, 1.54) is 0 Å². The Balaban J connectivity index is 1.80. The fourth-order valence-electron chi connectivity index (χ4n) is 4.49. The number of ether oxygens (including phenoxy) is 5. The predicted octanol–water partition coefficient (Wildman–Crippen LogP) is -6.64. The maximum Gasteiger partial charge on any atom is 0.187 e. The van der Waals surface area contributed by atoms with Gasteiger partial charge in [-0.3, -0.25) is 0 Å². The molecule has 0 spiro atoms. The molecule has 0 unspecified atom stereocenters. The molecular formula is C19H38N4O11. The Labute approximate surface area is 196 Å². The second-order valence-electron chi connectivity index (χ2n) is 8.88. The lowest BCUT2D eigenvalue weighted by molar-refractivity contribution is -0.311. The van der Waals surface area contributed by atoms with E-state index in [0.717, 1.165) is 0 Å². The van der Waals surface area contributed by atoms with Crippen molar-refractivity contribution in [3.8, 4) is 0 Å². The van der Waals surface area contributed by atoms with E-state index in [0.29, 0.717) is 0 Å². The van der Waals surface area contributed by atoms with Crippen LogP contribution >= 0.6 is 0 Å². The first-order valence-electron chi connectivity index (χ1n) is 11.3.